The second-order valence-corrected chi connectivity index (χ2v) is 9.68. The first-order chi connectivity index (χ1) is 14.9. The number of fused-ring (bicyclic) bond motifs is 2. The summed E-state index contributed by atoms with van der Waals surface area (Å²) in [6, 6.07) is 18.0. The summed E-state index contributed by atoms with van der Waals surface area (Å²) >= 11 is 6.31. The smallest absolute Gasteiger partial charge is 0.266 e. The highest BCUT2D eigenvalue weighted by Gasteiger charge is 2.38. The van der Waals surface area contributed by atoms with Crippen LogP contribution in [0.4, 0.5) is 11.4 Å². The molecule has 5 rings (SSSR count). The Hall–Kier alpha value is -3.16. The summed E-state index contributed by atoms with van der Waals surface area (Å²) in [6.45, 7) is 0.352. The number of benzene rings is 3. The Labute approximate surface area is 184 Å². The fourth-order valence-electron chi connectivity index (χ4n) is 4.11. The van der Waals surface area contributed by atoms with Gasteiger partial charge < -0.3 is 0 Å². The van der Waals surface area contributed by atoms with E-state index < -0.39 is 21.8 Å². The van der Waals surface area contributed by atoms with Crippen LogP contribution in [0, 0.1) is 0 Å². The molecule has 0 aliphatic carbocycles. The maximum Gasteiger partial charge on any atom is 0.266 e. The predicted octanol–water partition coefficient (Wildman–Crippen LogP) is 4.28. The SMILES string of the molecule is O=C1c2ccccc2C(=O)N1c1cc(S(=O)(=O)N2CCCc3ccccc32)ccc1Cl. The molecular formula is C23H17ClN2O4S. The van der Waals surface area contributed by atoms with Crippen molar-refractivity contribution in [3.63, 3.8) is 0 Å². The Kier molecular flexibility index (Phi) is 4.60. The maximum atomic E-state index is 13.5. The molecule has 6 nitrogen and oxygen atoms in total. The van der Waals surface area contributed by atoms with Gasteiger partial charge in [-0.1, -0.05) is 41.9 Å². The van der Waals surface area contributed by atoms with Gasteiger partial charge in [-0.15, -0.1) is 0 Å². The number of sulfonamides is 1. The number of anilines is 2. The van der Waals surface area contributed by atoms with Gasteiger partial charge in [-0.05, 0) is 54.8 Å². The lowest BCUT2D eigenvalue weighted by molar-refractivity contribution is 0.0926. The molecule has 2 heterocycles. The van der Waals surface area contributed by atoms with Gasteiger partial charge in [0.05, 0.1) is 32.4 Å². The zero-order valence-electron chi connectivity index (χ0n) is 16.3. The predicted molar refractivity (Wildman–Crippen MR) is 118 cm³/mol. The van der Waals surface area contributed by atoms with Crippen LogP contribution in [0.15, 0.2) is 71.6 Å². The van der Waals surface area contributed by atoms with Crippen molar-refractivity contribution in [2.75, 3.05) is 15.7 Å². The summed E-state index contributed by atoms with van der Waals surface area (Å²) in [6.07, 6.45) is 1.51. The van der Waals surface area contributed by atoms with Crippen LogP contribution in [-0.4, -0.2) is 26.8 Å². The van der Waals surface area contributed by atoms with Crippen LogP contribution in [-0.2, 0) is 16.4 Å². The molecule has 31 heavy (non-hydrogen) atoms. The quantitative estimate of drug-likeness (QED) is 0.556. The van der Waals surface area contributed by atoms with Crippen LogP contribution in [0.25, 0.3) is 0 Å². The van der Waals surface area contributed by atoms with Crippen molar-refractivity contribution in [1.82, 2.24) is 0 Å². The maximum absolute atomic E-state index is 13.5. The van der Waals surface area contributed by atoms with Gasteiger partial charge in [0.2, 0.25) is 0 Å². The molecule has 0 N–H and O–H groups in total. The summed E-state index contributed by atoms with van der Waals surface area (Å²) in [4.78, 5) is 26.7. The summed E-state index contributed by atoms with van der Waals surface area (Å²) < 4.78 is 28.4. The highest BCUT2D eigenvalue weighted by Crippen LogP contribution is 2.37. The van der Waals surface area contributed by atoms with E-state index in [0.29, 0.717) is 18.7 Å². The third-order valence-corrected chi connectivity index (χ3v) is 7.74. The molecule has 3 aromatic carbocycles. The van der Waals surface area contributed by atoms with Crippen molar-refractivity contribution in [2.45, 2.75) is 17.7 Å². The lowest BCUT2D eigenvalue weighted by Crippen LogP contribution is -2.36. The number of nitrogens with zero attached hydrogens (tertiary/aromatic N) is 2. The van der Waals surface area contributed by atoms with Crippen molar-refractivity contribution in [1.29, 1.82) is 0 Å². The van der Waals surface area contributed by atoms with Crippen LogP contribution in [0.5, 0.6) is 0 Å². The van der Waals surface area contributed by atoms with Crippen LogP contribution < -0.4 is 9.21 Å². The third kappa shape index (κ3) is 3.04. The molecule has 3 aromatic rings. The molecule has 0 saturated carbocycles. The van der Waals surface area contributed by atoms with Gasteiger partial charge in [-0.2, -0.15) is 0 Å². The number of carbonyl (C=O) groups is 2. The first kappa shape index (κ1) is 19.8. The second kappa shape index (κ2) is 7.21. The summed E-state index contributed by atoms with van der Waals surface area (Å²) in [5, 5.41) is 0.118. The van der Waals surface area contributed by atoms with E-state index in [2.05, 4.69) is 0 Å². The van der Waals surface area contributed by atoms with Gasteiger partial charge in [-0.3, -0.25) is 13.9 Å². The summed E-state index contributed by atoms with van der Waals surface area (Å²) in [7, 11) is -3.92. The highest BCUT2D eigenvalue weighted by atomic mass is 35.5. The number of aryl methyl sites for hydroxylation is 1. The first-order valence-electron chi connectivity index (χ1n) is 9.77. The van der Waals surface area contributed by atoms with Crippen LogP contribution in [0.3, 0.4) is 0 Å². The van der Waals surface area contributed by atoms with Crippen molar-refractivity contribution in [3.8, 4) is 0 Å². The second-order valence-electron chi connectivity index (χ2n) is 7.41. The molecule has 156 valence electrons. The molecule has 0 radical (unpaired) electrons. The molecule has 2 amide bonds. The molecule has 0 fully saturated rings. The summed E-state index contributed by atoms with van der Waals surface area (Å²) in [5.41, 5.74) is 2.20. The lowest BCUT2D eigenvalue weighted by Gasteiger charge is -2.30. The van der Waals surface area contributed by atoms with E-state index in [1.807, 2.05) is 12.1 Å². The Morgan fingerprint density at radius 2 is 1.45 bits per heavy atom. The third-order valence-electron chi connectivity index (χ3n) is 5.61. The highest BCUT2D eigenvalue weighted by molar-refractivity contribution is 7.92. The standard InChI is InChI=1S/C23H17ClN2O4S/c24-19-12-11-16(31(29,30)25-13-5-7-15-6-1-4-10-20(15)25)14-21(19)26-22(27)17-8-2-3-9-18(17)23(26)28/h1-4,6,8-12,14H,5,7,13H2. The fourth-order valence-corrected chi connectivity index (χ4v) is 5.87. The topological polar surface area (TPSA) is 74.8 Å². The van der Waals surface area contributed by atoms with E-state index in [-0.39, 0.29) is 26.7 Å². The van der Waals surface area contributed by atoms with Crippen LogP contribution in [0.2, 0.25) is 5.02 Å². The molecule has 0 saturated heterocycles. The van der Waals surface area contributed by atoms with E-state index in [1.165, 1.54) is 22.5 Å². The average Bonchev–Trinajstić information content (AvgIpc) is 3.04. The molecule has 0 unspecified atom stereocenters. The largest absolute Gasteiger partial charge is 0.268 e. The number of hydrogen-bond acceptors (Lipinski definition) is 4. The van der Waals surface area contributed by atoms with Gasteiger partial charge in [0.1, 0.15) is 0 Å². The minimum atomic E-state index is -3.92. The molecular weight excluding hydrogens is 436 g/mol. The van der Waals surface area contributed by atoms with Gasteiger partial charge >= 0.3 is 0 Å². The number of hydrogen-bond donors (Lipinski definition) is 0. The van der Waals surface area contributed by atoms with Crippen molar-refractivity contribution >= 4 is 44.8 Å². The number of rotatable bonds is 3. The Balaban J connectivity index is 1.59. The van der Waals surface area contributed by atoms with Crippen LogP contribution in [0.1, 0.15) is 32.7 Å². The van der Waals surface area contributed by atoms with Crippen molar-refractivity contribution in [2.24, 2.45) is 0 Å². The van der Waals surface area contributed by atoms with E-state index in [9.17, 15) is 18.0 Å². The molecule has 2 aliphatic heterocycles. The normalized spacial score (nSPS) is 15.8. The fraction of sp³-hybridized carbons (Fsp3) is 0.130. The van der Waals surface area contributed by atoms with Crippen molar-refractivity contribution in [3.05, 3.63) is 88.4 Å². The molecule has 0 spiro atoms. The number of para-hydroxylation sites is 1. The molecule has 2 aliphatic rings. The van der Waals surface area contributed by atoms with Crippen molar-refractivity contribution < 1.29 is 18.0 Å². The van der Waals surface area contributed by atoms with Gasteiger partial charge in [-0.25, -0.2) is 13.3 Å². The van der Waals surface area contributed by atoms with Crippen LogP contribution >= 0.6 is 11.6 Å². The monoisotopic (exact) mass is 452 g/mol. The Morgan fingerprint density at radius 1 is 0.806 bits per heavy atom. The minimum absolute atomic E-state index is 0.0276. The number of carbonyl (C=O) groups excluding carboxylic acids is 2. The van der Waals surface area contributed by atoms with E-state index >= 15 is 0 Å². The average molecular weight is 453 g/mol. The number of imide groups is 1. The van der Waals surface area contributed by atoms with Gasteiger partial charge in [0, 0.05) is 6.54 Å². The first-order valence-corrected chi connectivity index (χ1v) is 11.6. The van der Waals surface area contributed by atoms with E-state index in [4.69, 9.17) is 11.6 Å². The lowest BCUT2D eigenvalue weighted by atomic mass is 10.0. The van der Waals surface area contributed by atoms with E-state index in [0.717, 1.165) is 16.9 Å². The number of halogens is 1. The number of amides is 2. The summed E-state index contributed by atoms with van der Waals surface area (Å²) in [5.74, 6) is -1.05. The van der Waals surface area contributed by atoms with Gasteiger partial charge in [0.25, 0.3) is 21.8 Å². The molecule has 0 aromatic heterocycles. The zero-order valence-corrected chi connectivity index (χ0v) is 17.9. The van der Waals surface area contributed by atoms with Gasteiger partial charge in [0.15, 0.2) is 0 Å². The zero-order chi connectivity index (χ0) is 21.8. The molecule has 0 atom stereocenters. The Morgan fingerprint density at radius 3 is 2.16 bits per heavy atom. The van der Waals surface area contributed by atoms with E-state index in [1.54, 1.807) is 36.4 Å². The minimum Gasteiger partial charge on any atom is -0.268 e. The Bertz CT molecular complexity index is 1320. The molecule has 0 bridgehead atoms. The molecule has 8 heteroatoms.